The Balaban J connectivity index is 2.33. The SMILES string of the molecule is CC1CN(C(=O)COC(C)(C)C)CCS1. The molecule has 1 saturated heterocycles. The van der Waals surface area contributed by atoms with Gasteiger partial charge in [-0.1, -0.05) is 6.92 Å². The molecule has 1 heterocycles. The van der Waals surface area contributed by atoms with Gasteiger partial charge in [-0.15, -0.1) is 0 Å². The zero-order valence-corrected chi connectivity index (χ0v) is 10.9. The number of hydrogen-bond acceptors (Lipinski definition) is 3. The van der Waals surface area contributed by atoms with Crippen LogP contribution >= 0.6 is 11.8 Å². The van der Waals surface area contributed by atoms with Crippen LogP contribution in [0.3, 0.4) is 0 Å². The molecule has 1 amide bonds. The fraction of sp³-hybridized carbons (Fsp3) is 0.909. The lowest BCUT2D eigenvalue weighted by Gasteiger charge is -2.31. The van der Waals surface area contributed by atoms with Crippen LogP contribution in [0, 0.1) is 0 Å². The highest BCUT2D eigenvalue weighted by Crippen LogP contribution is 2.18. The van der Waals surface area contributed by atoms with E-state index in [9.17, 15) is 4.79 Å². The van der Waals surface area contributed by atoms with Crippen LogP contribution in [0.1, 0.15) is 27.7 Å². The first-order valence-corrected chi connectivity index (χ1v) is 6.47. The minimum absolute atomic E-state index is 0.122. The number of hydrogen-bond donors (Lipinski definition) is 0. The minimum Gasteiger partial charge on any atom is -0.366 e. The van der Waals surface area contributed by atoms with E-state index in [4.69, 9.17) is 4.74 Å². The van der Waals surface area contributed by atoms with Gasteiger partial charge in [0.2, 0.25) is 5.91 Å². The highest BCUT2D eigenvalue weighted by molar-refractivity contribution is 7.99. The number of thioether (sulfide) groups is 1. The van der Waals surface area contributed by atoms with Crippen molar-refractivity contribution < 1.29 is 9.53 Å². The second kappa shape index (κ2) is 5.21. The lowest BCUT2D eigenvalue weighted by molar-refractivity contribution is -0.140. The summed E-state index contributed by atoms with van der Waals surface area (Å²) in [6, 6.07) is 0. The van der Waals surface area contributed by atoms with E-state index in [-0.39, 0.29) is 18.1 Å². The topological polar surface area (TPSA) is 29.5 Å². The van der Waals surface area contributed by atoms with Gasteiger partial charge in [0, 0.05) is 24.1 Å². The molecule has 88 valence electrons. The molecule has 0 aromatic rings. The Kier molecular flexibility index (Phi) is 4.46. The van der Waals surface area contributed by atoms with E-state index in [0.29, 0.717) is 5.25 Å². The van der Waals surface area contributed by atoms with Crippen molar-refractivity contribution in [2.45, 2.75) is 38.5 Å². The van der Waals surface area contributed by atoms with E-state index < -0.39 is 0 Å². The molecule has 1 fully saturated rings. The van der Waals surface area contributed by atoms with Crippen molar-refractivity contribution in [1.82, 2.24) is 4.90 Å². The number of amides is 1. The molecule has 3 nitrogen and oxygen atoms in total. The van der Waals surface area contributed by atoms with Crippen LogP contribution in [0.2, 0.25) is 0 Å². The van der Waals surface area contributed by atoms with E-state index >= 15 is 0 Å². The third kappa shape index (κ3) is 4.89. The summed E-state index contributed by atoms with van der Waals surface area (Å²) < 4.78 is 5.48. The highest BCUT2D eigenvalue weighted by atomic mass is 32.2. The first-order valence-electron chi connectivity index (χ1n) is 5.42. The molecule has 1 aliphatic rings. The van der Waals surface area contributed by atoms with Crippen molar-refractivity contribution in [2.24, 2.45) is 0 Å². The third-order valence-corrected chi connectivity index (χ3v) is 3.36. The molecule has 1 unspecified atom stereocenters. The van der Waals surface area contributed by atoms with Gasteiger partial charge in [0.05, 0.1) is 5.60 Å². The molecule has 0 N–H and O–H groups in total. The second-order valence-electron chi connectivity index (χ2n) is 4.92. The maximum atomic E-state index is 11.8. The summed E-state index contributed by atoms with van der Waals surface area (Å²) in [5.41, 5.74) is -0.230. The Bertz CT molecular complexity index is 225. The normalized spacial score (nSPS) is 22.9. The zero-order valence-electron chi connectivity index (χ0n) is 10.1. The summed E-state index contributed by atoms with van der Waals surface area (Å²) in [7, 11) is 0. The molecule has 1 rings (SSSR count). The Morgan fingerprint density at radius 2 is 2.20 bits per heavy atom. The van der Waals surface area contributed by atoms with Gasteiger partial charge in [-0.05, 0) is 20.8 Å². The van der Waals surface area contributed by atoms with Crippen molar-refractivity contribution >= 4 is 17.7 Å². The van der Waals surface area contributed by atoms with Crippen LogP contribution in [0.4, 0.5) is 0 Å². The van der Waals surface area contributed by atoms with Crippen molar-refractivity contribution in [3.63, 3.8) is 0 Å². The van der Waals surface area contributed by atoms with Crippen LogP contribution in [-0.4, -0.2) is 47.1 Å². The van der Waals surface area contributed by atoms with Gasteiger partial charge < -0.3 is 9.64 Å². The molecular weight excluding hydrogens is 210 g/mol. The largest absolute Gasteiger partial charge is 0.366 e. The maximum absolute atomic E-state index is 11.8. The van der Waals surface area contributed by atoms with Crippen molar-refractivity contribution in [3.8, 4) is 0 Å². The number of nitrogens with zero attached hydrogens (tertiary/aromatic N) is 1. The van der Waals surface area contributed by atoms with Gasteiger partial charge in [0.25, 0.3) is 0 Å². The van der Waals surface area contributed by atoms with Crippen molar-refractivity contribution in [2.75, 3.05) is 25.4 Å². The van der Waals surface area contributed by atoms with E-state index in [1.807, 2.05) is 37.4 Å². The van der Waals surface area contributed by atoms with E-state index in [1.165, 1.54) is 0 Å². The lowest BCUT2D eigenvalue weighted by Crippen LogP contribution is -2.43. The molecule has 15 heavy (non-hydrogen) atoms. The van der Waals surface area contributed by atoms with E-state index in [0.717, 1.165) is 18.8 Å². The van der Waals surface area contributed by atoms with Gasteiger partial charge in [0.1, 0.15) is 6.61 Å². The quantitative estimate of drug-likeness (QED) is 0.725. The van der Waals surface area contributed by atoms with Gasteiger partial charge in [-0.3, -0.25) is 4.79 Å². The summed E-state index contributed by atoms with van der Waals surface area (Å²) in [6.07, 6.45) is 0. The van der Waals surface area contributed by atoms with Crippen molar-refractivity contribution in [1.29, 1.82) is 0 Å². The first kappa shape index (κ1) is 12.8. The number of rotatable bonds is 2. The molecule has 0 radical (unpaired) electrons. The average molecular weight is 231 g/mol. The zero-order chi connectivity index (χ0) is 11.5. The van der Waals surface area contributed by atoms with Crippen LogP contribution in [0.5, 0.6) is 0 Å². The van der Waals surface area contributed by atoms with Crippen LogP contribution in [0.25, 0.3) is 0 Å². The number of carbonyl (C=O) groups is 1. The van der Waals surface area contributed by atoms with Crippen LogP contribution in [0.15, 0.2) is 0 Å². The Morgan fingerprint density at radius 3 is 2.73 bits per heavy atom. The smallest absolute Gasteiger partial charge is 0.248 e. The minimum atomic E-state index is -0.230. The fourth-order valence-electron chi connectivity index (χ4n) is 1.41. The van der Waals surface area contributed by atoms with Crippen molar-refractivity contribution in [3.05, 3.63) is 0 Å². The first-order chi connectivity index (χ1) is 6.88. The van der Waals surface area contributed by atoms with Crippen LogP contribution in [-0.2, 0) is 9.53 Å². The van der Waals surface area contributed by atoms with Gasteiger partial charge in [-0.2, -0.15) is 11.8 Å². The molecule has 0 aliphatic carbocycles. The molecule has 1 atom stereocenters. The molecular formula is C11H21NO2S. The standard InChI is InChI=1S/C11H21NO2S/c1-9-7-12(5-6-15-9)10(13)8-14-11(2,3)4/h9H,5-8H2,1-4H3. The predicted octanol–water partition coefficient (Wildman–Crippen LogP) is 1.77. The van der Waals surface area contributed by atoms with Crippen LogP contribution < -0.4 is 0 Å². The molecule has 0 spiro atoms. The highest BCUT2D eigenvalue weighted by Gasteiger charge is 2.22. The average Bonchev–Trinajstić information content (AvgIpc) is 2.13. The Hall–Kier alpha value is -0.220. The summed E-state index contributed by atoms with van der Waals surface area (Å²) in [6.45, 7) is 9.99. The Morgan fingerprint density at radius 1 is 1.53 bits per heavy atom. The molecule has 0 aromatic heterocycles. The van der Waals surface area contributed by atoms with Gasteiger partial charge in [-0.25, -0.2) is 0 Å². The lowest BCUT2D eigenvalue weighted by atomic mass is 10.2. The van der Waals surface area contributed by atoms with Gasteiger partial charge in [0.15, 0.2) is 0 Å². The molecule has 0 aromatic carbocycles. The van der Waals surface area contributed by atoms with E-state index in [2.05, 4.69) is 6.92 Å². The second-order valence-corrected chi connectivity index (χ2v) is 6.47. The summed E-state index contributed by atoms with van der Waals surface area (Å²) in [5.74, 6) is 1.17. The summed E-state index contributed by atoms with van der Waals surface area (Å²) >= 11 is 1.93. The van der Waals surface area contributed by atoms with E-state index in [1.54, 1.807) is 0 Å². The van der Waals surface area contributed by atoms with Gasteiger partial charge >= 0.3 is 0 Å². The number of carbonyl (C=O) groups excluding carboxylic acids is 1. The predicted molar refractivity (Wildman–Crippen MR) is 64.2 cm³/mol. The summed E-state index contributed by atoms with van der Waals surface area (Å²) in [5, 5.41) is 0.553. The maximum Gasteiger partial charge on any atom is 0.248 e. The molecule has 0 saturated carbocycles. The molecule has 1 aliphatic heterocycles. The fourth-order valence-corrected chi connectivity index (χ4v) is 2.43. The summed E-state index contributed by atoms with van der Waals surface area (Å²) in [4.78, 5) is 13.7. The monoisotopic (exact) mass is 231 g/mol. The molecule has 0 bridgehead atoms. The number of ether oxygens (including phenoxy) is 1. The Labute approximate surface area is 96.5 Å². The third-order valence-electron chi connectivity index (χ3n) is 2.22. The molecule has 4 heteroatoms.